The van der Waals surface area contributed by atoms with Crippen LogP contribution in [0.3, 0.4) is 0 Å². The molecule has 1 unspecified atom stereocenters. The van der Waals surface area contributed by atoms with Gasteiger partial charge < -0.3 is 19.7 Å². The van der Waals surface area contributed by atoms with E-state index in [1.807, 2.05) is 30.3 Å². The standard InChI is InChI=1S/C16H16O4/c1-19-15-7-6-10(8-13(15)18)16-9-12(17)11-4-2-3-5-14(11)20-16/h2-8,12,16-18H,9H2,1H3/t12-,16?/m1/s1. The van der Waals surface area contributed by atoms with Crippen molar-refractivity contribution in [1.29, 1.82) is 0 Å². The van der Waals surface area contributed by atoms with Crippen molar-refractivity contribution in [1.82, 2.24) is 0 Å². The Morgan fingerprint density at radius 3 is 2.75 bits per heavy atom. The molecule has 2 aromatic rings. The fourth-order valence-corrected chi connectivity index (χ4v) is 2.51. The summed E-state index contributed by atoms with van der Waals surface area (Å²) >= 11 is 0. The maximum Gasteiger partial charge on any atom is 0.160 e. The number of aliphatic hydroxyl groups is 1. The van der Waals surface area contributed by atoms with Crippen LogP contribution in [-0.4, -0.2) is 17.3 Å². The lowest BCUT2D eigenvalue weighted by molar-refractivity contribution is 0.0656. The molecule has 104 valence electrons. The fourth-order valence-electron chi connectivity index (χ4n) is 2.51. The lowest BCUT2D eigenvalue weighted by atomic mass is 9.95. The van der Waals surface area contributed by atoms with E-state index in [1.54, 1.807) is 12.1 Å². The molecule has 2 aromatic carbocycles. The highest BCUT2D eigenvalue weighted by atomic mass is 16.5. The first-order valence-corrected chi connectivity index (χ1v) is 6.49. The highest BCUT2D eigenvalue weighted by molar-refractivity contribution is 5.44. The molecule has 3 rings (SSSR count). The van der Waals surface area contributed by atoms with E-state index in [9.17, 15) is 10.2 Å². The van der Waals surface area contributed by atoms with Crippen molar-refractivity contribution in [3.05, 3.63) is 53.6 Å². The van der Waals surface area contributed by atoms with Crippen molar-refractivity contribution >= 4 is 0 Å². The van der Waals surface area contributed by atoms with Crippen molar-refractivity contribution in [3.63, 3.8) is 0 Å². The van der Waals surface area contributed by atoms with Gasteiger partial charge in [-0.3, -0.25) is 0 Å². The molecule has 0 saturated carbocycles. The molecule has 2 N–H and O–H groups in total. The number of methoxy groups -OCH3 is 1. The summed E-state index contributed by atoms with van der Waals surface area (Å²) in [6, 6.07) is 12.6. The largest absolute Gasteiger partial charge is 0.504 e. The maximum absolute atomic E-state index is 10.2. The van der Waals surface area contributed by atoms with Gasteiger partial charge in [0, 0.05) is 12.0 Å². The minimum Gasteiger partial charge on any atom is -0.504 e. The monoisotopic (exact) mass is 272 g/mol. The van der Waals surface area contributed by atoms with Crippen molar-refractivity contribution in [2.24, 2.45) is 0 Å². The molecular weight excluding hydrogens is 256 g/mol. The van der Waals surface area contributed by atoms with Gasteiger partial charge in [-0.25, -0.2) is 0 Å². The van der Waals surface area contributed by atoms with Gasteiger partial charge in [0.25, 0.3) is 0 Å². The zero-order valence-electron chi connectivity index (χ0n) is 11.1. The van der Waals surface area contributed by atoms with Crippen molar-refractivity contribution < 1.29 is 19.7 Å². The van der Waals surface area contributed by atoms with Crippen LogP contribution in [0.1, 0.15) is 29.8 Å². The molecule has 2 atom stereocenters. The Bertz CT molecular complexity index is 624. The van der Waals surface area contributed by atoms with Gasteiger partial charge in [-0.15, -0.1) is 0 Å². The molecule has 0 bridgehead atoms. The lowest BCUT2D eigenvalue weighted by Gasteiger charge is -2.30. The number of hydrogen-bond donors (Lipinski definition) is 2. The van der Waals surface area contributed by atoms with Crippen LogP contribution in [0.4, 0.5) is 0 Å². The zero-order chi connectivity index (χ0) is 14.1. The Hall–Kier alpha value is -2.20. The average molecular weight is 272 g/mol. The minimum atomic E-state index is -0.561. The number of aliphatic hydroxyl groups excluding tert-OH is 1. The van der Waals surface area contributed by atoms with Crippen LogP contribution in [0.2, 0.25) is 0 Å². The van der Waals surface area contributed by atoms with Crippen LogP contribution in [0.25, 0.3) is 0 Å². The summed E-state index contributed by atoms with van der Waals surface area (Å²) in [6.45, 7) is 0. The third kappa shape index (κ3) is 2.18. The van der Waals surface area contributed by atoms with Crippen molar-refractivity contribution in [3.8, 4) is 17.2 Å². The molecule has 4 nitrogen and oxygen atoms in total. The van der Waals surface area contributed by atoms with E-state index >= 15 is 0 Å². The molecule has 0 fully saturated rings. The number of hydrogen-bond acceptors (Lipinski definition) is 4. The van der Waals surface area contributed by atoms with Crippen molar-refractivity contribution in [2.75, 3.05) is 7.11 Å². The second kappa shape index (κ2) is 5.06. The number of aromatic hydroxyl groups is 1. The Balaban J connectivity index is 1.91. The second-order valence-corrected chi connectivity index (χ2v) is 4.83. The summed E-state index contributed by atoms with van der Waals surface area (Å²) in [5.74, 6) is 1.18. The molecule has 0 amide bonds. The molecule has 1 aliphatic rings. The Labute approximate surface area is 117 Å². The molecule has 0 radical (unpaired) electrons. The number of phenolic OH excluding ortho intramolecular Hbond substituents is 1. The first-order valence-electron chi connectivity index (χ1n) is 6.49. The first kappa shape index (κ1) is 12.8. The van der Waals surface area contributed by atoms with Crippen molar-refractivity contribution in [2.45, 2.75) is 18.6 Å². The van der Waals surface area contributed by atoms with Gasteiger partial charge in [0.2, 0.25) is 0 Å². The molecule has 1 heterocycles. The Morgan fingerprint density at radius 2 is 2.00 bits per heavy atom. The molecule has 0 aliphatic carbocycles. The van der Waals surface area contributed by atoms with E-state index in [0.717, 1.165) is 11.1 Å². The van der Waals surface area contributed by atoms with Gasteiger partial charge in [0.1, 0.15) is 11.9 Å². The van der Waals surface area contributed by atoms with Gasteiger partial charge in [-0.05, 0) is 23.8 Å². The highest BCUT2D eigenvalue weighted by Gasteiger charge is 2.28. The number of benzene rings is 2. The minimum absolute atomic E-state index is 0.0712. The first-order chi connectivity index (χ1) is 9.69. The summed E-state index contributed by atoms with van der Waals surface area (Å²) in [4.78, 5) is 0. The second-order valence-electron chi connectivity index (χ2n) is 4.83. The molecule has 0 spiro atoms. The summed E-state index contributed by atoms with van der Waals surface area (Å²) in [6.07, 6.45) is -0.381. The molecule has 0 aromatic heterocycles. The quantitative estimate of drug-likeness (QED) is 0.882. The number of fused-ring (bicyclic) bond motifs is 1. The van der Waals surface area contributed by atoms with Gasteiger partial charge >= 0.3 is 0 Å². The number of phenols is 1. The smallest absolute Gasteiger partial charge is 0.160 e. The summed E-state index contributed by atoms with van der Waals surface area (Å²) in [7, 11) is 1.51. The molecular formula is C16H16O4. The third-order valence-electron chi connectivity index (χ3n) is 3.56. The van der Waals surface area contributed by atoms with Crippen LogP contribution in [0, 0.1) is 0 Å². The number of ether oxygens (including phenoxy) is 2. The molecule has 1 aliphatic heterocycles. The van der Waals surface area contributed by atoms with Gasteiger partial charge in [0.05, 0.1) is 13.2 Å². The zero-order valence-corrected chi connectivity index (χ0v) is 11.1. The van der Waals surface area contributed by atoms with Crippen LogP contribution in [0.15, 0.2) is 42.5 Å². The van der Waals surface area contributed by atoms with E-state index in [4.69, 9.17) is 9.47 Å². The van der Waals surface area contributed by atoms with E-state index in [2.05, 4.69) is 0 Å². The number of para-hydroxylation sites is 1. The maximum atomic E-state index is 10.2. The normalized spacial score (nSPS) is 20.9. The topological polar surface area (TPSA) is 58.9 Å². The van der Waals surface area contributed by atoms with Gasteiger partial charge in [0.15, 0.2) is 11.5 Å². The third-order valence-corrected chi connectivity index (χ3v) is 3.56. The van der Waals surface area contributed by atoms with Crippen LogP contribution in [-0.2, 0) is 0 Å². The predicted octanol–water partition coefficient (Wildman–Crippen LogP) is 2.96. The Morgan fingerprint density at radius 1 is 1.20 bits per heavy atom. The van der Waals surface area contributed by atoms with Gasteiger partial charge in [-0.1, -0.05) is 24.3 Å². The average Bonchev–Trinajstić information content (AvgIpc) is 2.47. The predicted molar refractivity (Wildman–Crippen MR) is 74.0 cm³/mol. The highest BCUT2D eigenvalue weighted by Crippen LogP contribution is 2.41. The lowest BCUT2D eigenvalue weighted by Crippen LogP contribution is -2.18. The van der Waals surface area contributed by atoms with E-state index < -0.39 is 6.10 Å². The molecule has 0 saturated heterocycles. The van der Waals surface area contributed by atoms with Crippen LogP contribution < -0.4 is 9.47 Å². The molecule has 4 heteroatoms. The van der Waals surface area contributed by atoms with Gasteiger partial charge in [-0.2, -0.15) is 0 Å². The Kier molecular flexibility index (Phi) is 3.24. The van der Waals surface area contributed by atoms with Crippen LogP contribution >= 0.6 is 0 Å². The van der Waals surface area contributed by atoms with E-state index in [1.165, 1.54) is 7.11 Å². The van der Waals surface area contributed by atoms with E-state index in [0.29, 0.717) is 17.9 Å². The summed E-state index contributed by atoms with van der Waals surface area (Å²) in [5, 5.41) is 20.0. The number of rotatable bonds is 2. The molecule has 20 heavy (non-hydrogen) atoms. The fraction of sp³-hybridized carbons (Fsp3) is 0.250. The van der Waals surface area contributed by atoms with Crippen LogP contribution in [0.5, 0.6) is 17.2 Å². The SMILES string of the molecule is COc1ccc(C2C[C@@H](O)c3ccccc3O2)cc1O. The summed E-state index contributed by atoms with van der Waals surface area (Å²) < 4.78 is 10.9. The summed E-state index contributed by atoms with van der Waals surface area (Å²) in [5.41, 5.74) is 1.62. The van der Waals surface area contributed by atoms with E-state index in [-0.39, 0.29) is 11.9 Å².